The zero-order chi connectivity index (χ0) is 16.4. The molecular weight excluding hydrogens is 280 g/mol. The monoisotopic (exact) mass is 304 g/mol. The number of carbonyl (C=O) groups excluding carboxylic acids is 1. The fraction of sp³-hybridized carbons (Fsp3) is 0.318. The van der Waals surface area contributed by atoms with Crippen LogP contribution in [-0.2, 0) is 23.1 Å². The minimum atomic E-state index is 0.220. The van der Waals surface area contributed by atoms with Gasteiger partial charge in [0, 0.05) is 6.42 Å². The average Bonchev–Trinajstić information content (AvgIpc) is 2.60. The molecule has 0 atom stereocenters. The van der Waals surface area contributed by atoms with E-state index < -0.39 is 0 Å². The summed E-state index contributed by atoms with van der Waals surface area (Å²) >= 11 is 0. The van der Waals surface area contributed by atoms with Crippen LogP contribution >= 0.6 is 0 Å². The summed E-state index contributed by atoms with van der Waals surface area (Å²) < 4.78 is 0. The summed E-state index contributed by atoms with van der Waals surface area (Å²) in [6, 6.07) is 15.6. The second-order valence-electron chi connectivity index (χ2n) is 7.08. The molecule has 23 heavy (non-hydrogen) atoms. The molecule has 0 saturated heterocycles. The molecule has 0 spiro atoms. The second-order valence-corrected chi connectivity index (χ2v) is 7.08. The predicted molar refractivity (Wildman–Crippen MR) is 96.8 cm³/mol. The molecule has 0 aliphatic heterocycles. The van der Waals surface area contributed by atoms with E-state index in [1.807, 2.05) is 6.08 Å². The summed E-state index contributed by atoms with van der Waals surface area (Å²) in [5.74, 6) is 0. The molecule has 0 bridgehead atoms. The lowest BCUT2D eigenvalue weighted by molar-refractivity contribution is -0.105. The predicted octanol–water partition coefficient (Wildman–Crippen LogP) is 5.27. The first-order valence-electron chi connectivity index (χ1n) is 8.40. The molecule has 0 heterocycles. The van der Waals surface area contributed by atoms with E-state index in [2.05, 4.69) is 63.2 Å². The van der Waals surface area contributed by atoms with Crippen molar-refractivity contribution in [2.75, 3.05) is 0 Å². The Morgan fingerprint density at radius 2 is 1.70 bits per heavy atom. The Morgan fingerprint density at radius 1 is 1.00 bits per heavy atom. The Morgan fingerprint density at radius 3 is 2.35 bits per heavy atom. The van der Waals surface area contributed by atoms with Crippen molar-refractivity contribution in [2.45, 2.75) is 45.4 Å². The molecule has 0 amide bonds. The molecule has 1 nitrogen and oxygen atoms in total. The van der Waals surface area contributed by atoms with E-state index in [1.165, 1.54) is 27.8 Å². The number of rotatable bonds is 4. The number of allylic oxidation sites excluding steroid dienone is 2. The Bertz CT molecular complexity index is 748. The van der Waals surface area contributed by atoms with E-state index in [-0.39, 0.29) is 5.41 Å². The van der Waals surface area contributed by atoms with Crippen LogP contribution in [0.25, 0.3) is 11.1 Å². The van der Waals surface area contributed by atoms with E-state index in [0.29, 0.717) is 0 Å². The molecule has 1 heteroatoms. The topological polar surface area (TPSA) is 17.1 Å². The van der Waals surface area contributed by atoms with Gasteiger partial charge in [-0.25, -0.2) is 0 Å². The number of fused-ring (bicyclic) bond motifs is 1. The third-order valence-corrected chi connectivity index (χ3v) is 5.22. The van der Waals surface area contributed by atoms with Gasteiger partial charge in [0.15, 0.2) is 0 Å². The summed E-state index contributed by atoms with van der Waals surface area (Å²) in [7, 11) is 0. The first kappa shape index (κ1) is 15.7. The second kappa shape index (κ2) is 6.16. The Kier molecular flexibility index (Phi) is 4.21. The number of hydrogen-bond acceptors (Lipinski definition) is 1. The largest absolute Gasteiger partial charge is 0.298 e. The molecule has 0 unspecified atom stereocenters. The van der Waals surface area contributed by atoms with Crippen LogP contribution in [0.1, 0.15) is 43.9 Å². The summed E-state index contributed by atoms with van der Waals surface area (Å²) in [5.41, 5.74) is 7.59. The Balaban J connectivity index is 1.90. The maximum absolute atomic E-state index is 11.0. The molecule has 2 aromatic rings. The standard InChI is InChI=1S/C22H24O/c1-4-22(2,3)21-11-9-17(10-12-21)19-8-7-18-6-5-16(15-23)13-20(18)14-19/h5,7-12,14-15H,4,6,13H2,1-3H3. The molecule has 0 radical (unpaired) electrons. The highest BCUT2D eigenvalue weighted by molar-refractivity contribution is 5.76. The maximum atomic E-state index is 11.0. The van der Waals surface area contributed by atoms with E-state index in [4.69, 9.17) is 0 Å². The zero-order valence-corrected chi connectivity index (χ0v) is 14.2. The summed E-state index contributed by atoms with van der Waals surface area (Å²) in [5, 5.41) is 0. The fourth-order valence-corrected chi connectivity index (χ4v) is 3.11. The fourth-order valence-electron chi connectivity index (χ4n) is 3.11. The van der Waals surface area contributed by atoms with Crippen molar-refractivity contribution < 1.29 is 4.79 Å². The number of benzene rings is 2. The SMILES string of the molecule is CCC(C)(C)c1ccc(-c2ccc3c(c2)CC(C=O)=CC3)cc1. The third-order valence-electron chi connectivity index (χ3n) is 5.22. The van der Waals surface area contributed by atoms with Gasteiger partial charge in [0.25, 0.3) is 0 Å². The van der Waals surface area contributed by atoms with E-state index in [0.717, 1.165) is 31.1 Å². The highest BCUT2D eigenvalue weighted by atomic mass is 16.1. The van der Waals surface area contributed by atoms with E-state index >= 15 is 0 Å². The van der Waals surface area contributed by atoms with Crippen LogP contribution < -0.4 is 0 Å². The van der Waals surface area contributed by atoms with Crippen LogP contribution in [0.3, 0.4) is 0 Å². The van der Waals surface area contributed by atoms with Crippen LogP contribution in [0.15, 0.2) is 54.1 Å². The van der Waals surface area contributed by atoms with Gasteiger partial charge in [-0.15, -0.1) is 0 Å². The summed E-state index contributed by atoms with van der Waals surface area (Å²) in [6.07, 6.45) is 5.78. The van der Waals surface area contributed by atoms with Crippen molar-refractivity contribution in [3.05, 3.63) is 70.8 Å². The van der Waals surface area contributed by atoms with Crippen LogP contribution in [0.4, 0.5) is 0 Å². The first-order chi connectivity index (χ1) is 11.0. The lowest BCUT2D eigenvalue weighted by Gasteiger charge is -2.23. The Hall–Kier alpha value is -2.15. The zero-order valence-electron chi connectivity index (χ0n) is 14.2. The smallest absolute Gasteiger partial charge is 0.146 e. The summed E-state index contributed by atoms with van der Waals surface area (Å²) in [6.45, 7) is 6.80. The molecule has 0 saturated carbocycles. The van der Waals surface area contributed by atoms with E-state index in [1.54, 1.807) is 0 Å². The molecule has 118 valence electrons. The van der Waals surface area contributed by atoms with Gasteiger partial charge in [-0.1, -0.05) is 69.3 Å². The van der Waals surface area contributed by atoms with Crippen LogP contribution in [0.2, 0.25) is 0 Å². The third kappa shape index (κ3) is 3.14. The number of carbonyl (C=O) groups is 1. The first-order valence-corrected chi connectivity index (χ1v) is 8.40. The van der Waals surface area contributed by atoms with Crippen molar-refractivity contribution in [3.63, 3.8) is 0 Å². The van der Waals surface area contributed by atoms with Crippen molar-refractivity contribution in [1.82, 2.24) is 0 Å². The molecule has 0 N–H and O–H groups in total. The van der Waals surface area contributed by atoms with Crippen molar-refractivity contribution in [3.8, 4) is 11.1 Å². The van der Waals surface area contributed by atoms with E-state index in [9.17, 15) is 4.79 Å². The van der Waals surface area contributed by atoms with Gasteiger partial charge in [0.05, 0.1) is 0 Å². The maximum Gasteiger partial charge on any atom is 0.146 e. The van der Waals surface area contributed by atoms with Crippen molar-refractivity contribution in [2.24, 2.45) is 0 Å². The van der Waals surface area contributed by atoms with Crippen LogP contribution in [-0.4, -0.2) is 6.29 Å². The molecule has 0 aromatic heterocycles. The van der Waals surface area contributed by atoms with Crippen molar-refractivity contribution in [1.29, 1.82) is 0 Å². The Labute approximate surface area is 139 Å². The number of aldehydes is 1. The van der Waals surface area contributed by atoms with Gasteiger partial charge in [0.2, 0.25) is 0 Å². The average molecular weight is 304 g/mol. The molecule has 1 aliphatic rings. The van der Waals surface area contributed by atoms with Gasteiger partial charge >= 0.3 is 0 Å². The lowest BCUT2D eigenvalue weighted by atomic mass is 9.81. The van der Waals surface area contributed by atoms with Crippen molar-refractivity contribution >= 4 is 6.29 Å². The highest BCUT2D eigenvalue weighted by Crippen LogP contribution is 2.31. The van der Waals surface area contributed by atoms with Gasteiger partial charge in [-0.3, -0.25) is 4.79 Å². The minimum Gasteiger partial charge on any atom is -0.298 e. The van der Waals surface area contributed by atoms with Crippen LogP contribution in [0.5, 0.6) is 0 Å². The number of hydrogen-bond donors (Lipinski definition) is 0. The molecule has 3 rings (SSSR count). The van der Waals surface area contributed by atoms with Crippen LogP contribution in [0, 0.1) is 0 Å². The lowest BCUT2D eigenvalue weighted by Crippen LogP contribution is -2.14. The van der Waals surface area contributed by atoms with Gasteiger partial charge in [-0.05, 0) is 51.6 Å². The molecular formula is C22H24O. The quantitative estimate of drug-likeness (QED) is 0.704. The molecule has 1 aliphatic carbocycles. The molecule has 0 fully saturated rings. The molecule has 2 aromatic carbocycles. The van der Waals surface area contributed by atoms with Gasteiger partial charge in [0.1, 0.15) is 6.29 Å². The van der Waals surface area contributed by atoms with Gasteiger partial charge < -0.3 is 0 Å². The highest BCUT2D eigenvalue weighted by Gasteiger charge is 2.18. The van der Waals surface area contributed by atoms with Gasteiger partial charge in [-0.2, -0.15) is 0 Å². The minimum absolute atomic E-state index is 0.220. The summed E-state index contributed by atoms with van der Waals surface area (Å²) in [4.78, 5) is 11.0. The normalized spacial score (nSPS) is 14.1.